The molecule has 98 valence electrons. The molecule has 4 heteroatoms. The van der Waals surface area contributed by atoms with Gasteiger partial charge >= 0.3 is 6.03 Å². The molecule has 17 heavy (non-hydrogen) atoms. The summed E-state index contributed by atoms with van der Waals surface area (Å²) in [5, 5.41) is 15.4. The maximum Gasteiger partial charge on any atom is 0.315 e. The molecule has 0 spiro atoms. The van der Waals surface area contributed by atoms with Crippen molar-refractivity contribution in [3.8, 4) is 0 Å². The molecule has 3 N–H and O–H groups in total. The average molecular weight is 240 g/mol. The quantitative estimate of drug-likeness (QED) is 0.704. The van der Waals surface area contributed by atoms with E-state index in [-0.39, 0.29) is 18.2 Å². The first-order chi connectivity index (χ1) is 8.07. The lowest BCUT2D eigenvalue weighted by atomic mass is 9.70. The molecule has 2 aliphatic carbocycles. The molecule has 0 radical (unpaired) electrons. The summed E-state index contributed by atoms with van der Waals surface area (Å²) in [5.41, 5.74) is 0.333. The van der Waals surface area contributed by atoms with Crippen molar-refractivity contribution >= 4 is 6.03 Å². The number of carbonyl (C=O) groups is 1. The number of urea groups is 1. The standard InChI is InChI=1S/C13H24N2O2/c1-13(7-2-8-13)9-14-12(17)15-10-3-5-11(16)6-4-10/h10-11,16H,2-9H2,1H3,(H2,14,15,17). The molecule has 2 amide bonds. The lowest BCUT2D eigenvalue weighted by Crippen LogP contribution is -2.48. The van der Waals surface area contributed by atoms with Crippen LogP contribution < -0.4 is 10.6 Å². The van der Waals surface area contributed by atoms with Gasteiger partial charge in [-0.05, 0) is 43.9 Å². The van der Waals surface area contributed by atoms with Crippen LogP contribution in [-0.4, -0.2) is 29.8 Å². The van der Waals surface area contributed by atoms with Crippen LogP contribution in [-0.2, 0) is 0 Å². The second-order valence-electron chi connectivity index (χ2n) is 6.00. The Balaban J connectivity index is 1.63. The Hall–Kier alpha value is -0.770. The summed E-state index contributed by atoms with van der Waals surface area (Å²) in [6.07, 6.45) is 6.99. The van der Waals surface area contributed by atoms with Crippen LogP contribution in [0.5, 0.6) is 0 Å². The molecular formula is C13H24N2O2. The zero-order valence-corrected chi connectivity index (χ0v) is 10.7. The minimum atomic E-state index is -0.162. The monoisotopic (exact) mass is 240 g/mol. The maximum absolute atomic E-state index is 11.7. The van der Waals surface area contributed by atoms with Gasteiger partial charge in [-0.3, -0.25) is 0 Å². The van der Waals surface area contributed by atoms with Crippen LogP contribution in [0.15, 0.2) is 0 Å². The SMILES string of the molecule is CC1(CNC(=O)NC2CCC(O)CC2)CCC1. The fraction of sp³-hybridized carbons (Fsp3) is 0.923. The zero-order valence-electron chi connectivity index (χ0n) is 10.7. The van der Waals surface area contributed by atoms with Crippen LogP contribution in [0.25, 0.3) is 0 Å². The van der Waals surface area contributed by atoms with Crippen molar-refractivity contribution in [2.24, 2.45) is 5.41 Å². The Morgan fingerprint density at radius 2 is 1.94 bits per heavy atom. The van der Waals surface area contributed by atoms with Crippen LogP contribution in [0.2, 0.25) is 0 Å². The minimum absolute atomic E-state index is 0.0421. The largest absolute Gasteiger partial charge is 0.393 e. The zero-order chi connectivity index (χ0) is 12.3. The highest BCUT2D eigenvalue weighted by molar-refractivity contribution is 5.74. The summed E-state index contributed by atoms with van der Waals surface area (Å²) >= 11 is 0. The summed E-state index contributed by atoms with van der Waals surface area (Å²) < 4.78 is 0. The Labute approximate surface area is 103 Å². The molecule has 0 heterocycles. The van der Waals surface area contributed by atoms with Crippen LogP contribution in [0.3, 0.4) is 0 Å². The van der Waals surface area contributed by atoms with Crippen molar-refractivity contribution in [1.82, 2.24) is 10.6 Å². The summed E-state index contributed by atoms with van der Waals surface area (Å²) in [7, 11) is 0. The molecule has 0 aromatic heterocycles. The predicted molar refractivity (Wildman–Crippen MR) is 66.8 cm³/mol. The van der Waals surface area contributed by atoms with E-state index in [1.807, 2.05) is 0 Å². The van der Waals surface area contributed by atoms with E-state index in [0.717, 1.165) is 32.2 Å². The molecular weight excluding hydrogens is 216 g/mol. The van der Waals surface area contributed by atoms with Gasteiger partial charge in [0.05, 0.1) is 6.10 Å². The molecule has 0 bridgehead atoms. The second kappa shape index (κ2) is 5.25. The number of nitrogens with one attached hydrogen (secondary N) is 2. The van der Waals surface area contributed by atoms with Crippen molar-refractivity contribution in [1.29, 1.82) is 0 Å². The minimum Gasteiger partial charge on any atom is -0.393 e. The molecule has 2 fully saturated rings. The van der Waals surface area contributed by atoms with Gasteiger partial charge in [-0.15, -0.1) is 0 Å². The van der Waals surface area contributed by atoms with Gasteiger partial charge in [-0.25, -0.2) is 4.79 Å². The van der Waals surface area contributed by atoms with E-state index < -0.39 is 0 Å². The number of aliphatic hydroxyl groups excluding tert-OH is 1. The molecule has 2 saturated carbocycles. The van der Waals surface area contributed by atoms with Crippen molar-refractivity contribution < 1.29 is 9.90 Å². The number of amides is 2. The number of aliphatic hydroxyl groups is 1. The van der Waals surface area contributed by atoms with Gasteiger partial charge in [0.25, 0.3) is 0 Å². The molecule has 2 aliphatic rings. The Morgan fingerprint density at radius 1 is 1.29 bits per heavy atom. The van der Waals surface area contributed by atoms with Crippen LogP contribution in [0, 0.1) is 5.41 Å². The van der Waals surface area contributed by atoms with Gasteiger partial charge in [-0.1, -0.05) is 13.3 Å². The van der Waals surface area contributed by atoms with E-state index in [1.54, 1.807) is 0 Å². The molecule has 4 nitrogen and oxygen atoms in total. The highest BCUT2D eigenvalue weighted by atomic mass is 16.3. The second-order valence-corrected chi connectivity index (χ2v) is 6.00. The molecule has 0 saturated heterocycles. The van der Waals surface area contributed by atoms with Crippen molar-refractivity contribution in [2.45, 2.75) is 64.0 Å². The van der Waals surface area contributed by atoms with E-state index >= 15 is 0 Å². The Morgan fingerprint density at radius 3 is 2.47 bits per heavy atom. The first-order valence-electron chi connectivity index (χ1n) is 6.80. The van der Waals surface area contributed by atoms with Crippen LogP contribution >= 0.6 is 0 Å². The number of hydrogen-bond donors (Lipinski definition) is 3. The van der Waals surface area contributed by atoms with E-state index in [4.69, 9.17) is 0 Å². The van der Waals surface area contributed by atoms with Gasteiger partial charge in [-0.2, -0.15) is 0 Å². The molecule has 2 rings (SSSR count). The predicted octanol–water partition coefficient (Wildman–Crippen LogP) is 1.78. The van der Waals surface area contributed by atoms with Gasteiger partial charge in [0.15, 0.2) is 0 Å². The lowest BCUT2D eigenvalue weighted by molar-refractivity contribution is 0.116. The number of hydrogen-bond acceptors (Lipinski definition) is 2. The van der Waals surface area contributed by atoms with E-state index in [1.165, 1.54) is 19.3 Å². The topological polar surface area (TPSA) is 61.4 Å². The molecule has 0 aromatic carbocycles. The highest BCUT2D eigenvalue weighted by Crippen LogP contribution is 2.39. The molecule has 0 unspecified atom stereocenters. The lowest BCUT2D eigenvalue weighted by Gasteiger charge is -2.38. The number of rotatable bonds is 3. The van der Waals surface area contributed by atoms with E-state index in [9.17, 15) is 9.90 Å². The van der Waals surface area contributed by atoms with Crippen molar-refractivity contribution in [3.05, 3.63) is 0 Å². The molecule has 0 atom stereocenters. The third-order valence-electron chi connectivity index (χ3n) is 4.27. The first-order valence-corrected chi connectivity index (χ1v) is 6.80. The average Bonchev–Trinajstić information content (AvgIpc) is 2.27. The third kappa shape index (κ3) is 3.60. The molecule has 0 aliphatic heterocycles. The molecule has 0 aromatic rings. The summed E-state index contributed by atoms with van der Waals surface area (Å²) in [4.78, 5) is 11.7. The third-order valence-corrected chi connectivity index (χ3v) is 4.27. The fourth-order valence-electron chi connectivity index (χ4n) is 2.71. The van der Waals surface area contributed by atoms with Gasteiger partial charge in [0, 0.05) is 12.6 Å². The summed E-state index contributed by atoms with van der Waals surface area (Å²) in [6, 6.07) is 0.201. The Kier molecular flexibility index (Phi) is 3.92. The van der Waals surface area contributed by atoms with Crippen molar-refractivity contribution in [3.63, 3.8) is 0 Å². The van der Waals surface area contributed by atoms with Gasteiger partial charge in [0.1, 0.15) is 0 Å². The summed E-state index contributed by atoms with van der Waals surface area (Å²) in [5.74, 6) is 0. The van der Waals surface area contributed by atoms with Crippen LogP contribution in [0.4, 0.5) is 4.79 Å². The first kappa shape index (κ1) is 12.7. The summed E-state index contributed by atoms with van der Waals surface area (Å²) in [6.45, 7) is 3.02. The fourth-order valence-corrected chi connectivity index (χ4v) is 2.71. The maximum atomic E-state index is 11.7. The highest BCUT2D eigenvalue weighted by Gasteiger charge is 2.32. The smallest absolute Gasteiger partial charge is 0.315 e. The van der Waals surface area contributed by atoms with Gasteiger partial charge in [0.2, 0.25) is 0 Å². The normalized spacial score (nSPS) is 31.4. The van der Waals surface area contributed by atoms with E-state index in [2.05, 4.69) is 17.6 Å². The van der Waals surface area contributed by atoms with Crippen molar-refractivity contribution in [2.75, 3.05) is 6.54 Å². The van der Waals surface area contributed by atoms with Gasteiger partial charge < -0.3 is 15.7 Å². The number of carbonyl (C=O) groups excluding carboxylic acids is 1. The Bertz CT molecular complexity index is 269. The van der Waals surface area contributed by atoms with E-state index in [0.29, 0.717) is 5.41 Å². The van der Waals surface area contributed by atoms with Crippen LogP contribution in [0.1, 0.15) is 51.9 Å².